The van der Waals surface area contributed by atoms with Crippen LogP contribution in [-0.4, -0.2) is 11.2 Å². The summed E-state index contributed by atoms with van der Waals surface area (Å²) in [5, 5.41) is 10.1. The monoisotopic (exact) mass is 292 g/mol. The van der Waals surface area contributed by atoms with Crippen molar-refractivity contribution in [3.05, 3.63) is 65.2 Å². The molecule has 1 N–H and O–H groups in total. The first kappa shape index (κ1) is 15.4. The minimum absolute atomic E-state index is 0.0632. The molecule has 0 amide bonds. The summed E-state index contributed by atoms with van der Waals surface area (Å²) in [6.45, 7) is 3.84. The molecule has 1 unspecified atom stereocenters. The maximum atomic E-state index is 13.6. The fourth-order valence-corrected chi connectivity index (χ4v) is 2.08. The van der Waals surface area contributed by atoms with Crippen molar-refractivity contribution < 1.29 is 18.6 Å². The number of ether oxygens (including phenoxy) is 1. The molecule has 0 aromatic heterocycles. The van der Waals surface area contributed by atoms with Crippen LogP contribution in [0.3, 0.4) is 0 Å². The van der Waals surface area contributed by atoms with E-state index in [0.29, 0.717) is 11.3 Å². The van der Waals surface area contributed by atoms with E-state index >= 15 is 0 Å². The van der Waals surface area contributed by atoms with Gasteiger partial charge in [0.05, 0.1) is 12.2 Å². The van der Waals surface area contributed by atoms with Crippen molar-refractivity contribution in [3.63, 3.8) is 0 Å². The highest BCUT2D eigenvalue weighted by molar-refractivity contribution is 5.30. The topological polar surface area (TPSA) is 29.5 Å². The maximum Gasteiger partial charge on any atom is 0.129 e. The Balaban J connectivity index is 2.11. The Morgan fingerprint density at radius 3 is 2.10 bits per heavy atom. The van der Waals surface area contributed by atoms with Crippen LogP contribution in [0.5, 0.6) is 5.75 Å². The largest absolute Gasteiger partial charge is 0.491 e. The predicted octanol–water partition coefficient (Wildman–Crippen LogP) is 4.03. The lowest BCUT2D eigenvalue weighted by molar-refractivity contribution is 0.175. The molecule has 0 fully saturated rings. The minimum atomic E-state index is -0.968. The molecule has 0 aliphatic rings. The standard InChI is InChI=1S/C17H18F2O2/c1-11(2)21-13-8-6-12(7-9-13)17(20)10-14-15(18)4-3-5-16(14)19/h3-9,11,17,20H,10H2,1-2H3. The molecule has 2 aromatic carbocycles. The molecular formula is C17H18F2O2. The van der Waals surface area contributed by atoms with E-state index < -0.39 is 17.7 Å². The van der Waals surface area contributed by atoms with Gasteiger partial charge in [0.25, 0.3) is 0 Å². The van der Waals surface area contributed by atoms with Gasteiger partial charge >= 0.3 is 0 Å². The summed E-state index contributed by atoms with van der Waals surface area (Å²) in [5.41, 5.74) is 0.487. The van der Waals surface area contributed by atoms with E-state index in [1.807, 2.05) is 13.8 Å². The Morgan fingerprint density at radius 2 is 1.57 bits per heavy atom. The molecule has 112 valence electrons. The molecule has 2 rings (SSSR count). The number of aliphatic hydroxyl groups is 1. The summed E-state index contributed by atoms with van der Waals surface area (Å²) in [4.78, 5) is 0. The number of hydrogen-bond acceptors (Lipinski definition) is 2. The molecular weight excluding hydrogens is 274 g/mol. The van der Waals surface area contributed by atoms with Crippen molar-refractivity contribution in [3.8, 4) is 5.75 Å². The predicted molar refractivity (Wildman–Crippen MR) is 77.2 cm³/mol. The molecule has 2 aromatic rings. The van der Waals surface area contributed by atoms with Gasteiger partial charge in [0, 0.05) is 12.0 Å². The molecule has 0 radical (unpaired) electrons. The molecule has 4 heteroatoms. The summed E-state index contributed by atoms with van der Waals surface area (Å²) >= 11 is 0. The second-order valence-electron chi connectivity index (χ2n) is 5.16. The number of aliphatic hydroxyl groups excluding tert-OH is 1. The van der Waals surface area contributed by atoms with E-state index in [2.05, 4.69) is 0 Å². The fraction of sp³-hybridized carbons (Fsp3) is 0.294. The van der Waals surface area contributed by atoms with E-state index in [1.54, 1.807) is 24.3 Å². The van der Waals surface area contributed by atoms with Crippen molar-refractivity contribution in [2.45, 2.75) is 32.5 Å². The van der Waals surface area contributed by atoms with Gasteiger partial charge in [0.1, 0.15) is 17.4 Å². The average molecular weight is 292 g/mol. The lowest BCUT2D eigenvalue weighted by Crippen LogP contribution is -2.07. The Morgan fingerprint density at radius 1 is 1.00 bits per heavy atom. The van der Waals surface area contributed by atoms with E-state index in [4.69, 9.17) is 4.74 Å². The van der Waals surface area contributed by atoms with Gasteiger partial charge in [0.15, 0.2) is 0 Å². The second kappa shape index (κ2) is 6.68. The van der Waals surface area contributed by atoms with E-state index in [1.165, 1.54) is 18.2 Å². The van der Waals surface area contributed by atoms with Gasteiger partial charge in [-0.15, -0.1) is 0 Å². The van der Waals surface area contributed by atoms with Crippen LogP contribution in [0.2, 0.25) is 0 Å². The third-order valence-electron chi connectivity index (χ3n) is 3.10. The zero-order chi connectivity index (χ0) is 15.4. The lowest BCUT2D eigenvalue weighted by atomic mass is 10.0. The van der Waals surface area contributed by atoms with Crippen LogP contribution in [0.4, 0.5) is 8.78 Å². The van der Waals surface area contributed by atoms with Gasteiger partial charge in [-0.25, -0.2) is 8.78 Å². The average Bonchev–Trinajstić information content (AvgIpc) is 2.43. The van der Waals surface area contributed by atoms with Crippen molar-refractivity contribution in [1.29, 1.82) is 0 Å². The molecule has 0 bridgehead atoms. The van der Waals surface area contributed by atoms with E-state index in [9.17, 15) is 13.9 Å². The van der Waals surface area contributed by atoms with Crippen LogP contribution < -0.4 is 4.74 Å². The fourth-order valence-electron chi connectivity index (χ4n) is 2.08. The van der Waals surface area contributed by atoms with Crippen LogP contribution in [0.1, 0.15) is 31.1 Å². The highest BCUT2D eigenvalue weighted by Crippen LogP contribution is 2.24. The Hall–Kier alpha value is -1.94. The first-order chi connectivity index (χ1) is 9.97. The summed E-state index contributed by atoms with van der Waals surface area (Å²) in [7, 11) is 0. The van der Waals surface area contributed by atoms with Crippen LogP contribution in [0.15, 0.2) is 42.5 Å². The van der Waals surface area contributed by atoms with Crippen LogP contribution in [-0.2, 0) is 6.42 Å². The van der Waals surface area contributed by atoms with Gasteiger partial charge in [0.2, 0.25) is 0 Å². The Labute approximate surface area is 123 Å². The van der Waals surface area contributed by atoms with Crippen molar-refractivity contribution in [2.75, 3.05) is 0 Å². The number of halogens is 2. The van der Waals surface area contributed by atoms with Gasteiger partial charge in [-0.3, -0.25) is 0 Å². The highest BCUT2D eigenvalue weighted by atomic mass is 19.1. The zero-order valence-electron chi connectivity index (χ0n) is 12.0. The molecule has 0 spiro atoms. The molecule has 2 nitrogen and oxygen atoms in total. The van der Waals surface area contributed by atoms with Crippen molar-refractivity contribution >= 4 is 0 Å². The van der Waals surface area contributed by atoms with Gasteiger partial charge < -0.3 is 9.84 Å². The van der Waals surface area contributed by atoms with Gasteiger partial charge in [-0.05, 0) is 43.7 Å². The molecule has 0 aliphatic heterocycles. The summed E-state index contributed by atoms with van der Waals surface area (Å²) in [6, 6.07) is 10.5. The molecule has 0 saturated carbocycles. The Kier molecular flexibility index (Phi) is 4.91. The highest BCUT2D eigenvalue weighted by Gasteiger charge is 2.15. The third kappa shape index (κ3) is 4.02. The Bertz CT molecular complexity index is 574. The van der Waals surface area contributed by atoms with Gasteiger partial charge in [-0.1, -0.05) is 18.2 Å². The minimum Gasteiger partial charge on any atom is -0.491 e. The quantitative estimate of drug-likeness (QED) is 0.901. The molecule has 0 heterocycles. The smallest absolute Gasteiger partial charge is 0.129 e. The first-order valence-corrected chi connectivity index (χ1v) is 6.85. The van der Waals surface area contributed by atoms with E-state index in [0.717, 1.165) is 0 Å². The summed E-state index contributed by atoms with van der Waals surface area (Å²) in [5.74, 6) is -0.597. The maximum absolute atomic E-state index is 13.6. The molecule has 21 heavy (non-hydrogen) atoms. The van der Waals surface area contributed by atoms with E-state index in [-0.39, 0.29) is 18.1 Å². The van der Waals surface area contributed by atoms with Crippen molar-refractivity contribution in [2.24, 2.45) is 0 Å². The number of rotatable bonds is 5. The summed E-state index contributed by atoms with van der Waals surface area (Å²) < 4.78 is 32.6. The second-order valence-corrected chi connectivity index (χ2v) is 5.16. The van der Waals surface area contributed by atoms with Crippen molar-refractivity contribution in [1.82, 2.24) is 0 Å². The molecule has 0 saturated heterocycles. The van der Waals surface area contributed by atoms with Gasteiger partial charge in [-0.2, -0.15) is 0 Å². The number of benzene rings is 2. The third-order valence-corrected chi connectivity index (χ3v) is 3.10. The normalized spacial score (nSPS) is 12.5. The lowest BCUT2D eigenvalue weighted by Gasteiger charge is -2.14. The SMILES string of the molecule is CC(C)Oc1ccc(C(O)Cc2c(F)cccc2F)cc1. The zero-order valence-corrected chi connectivity index (χ0v) is 12.0. The van der Waals surface area contributed by atoms with Crippen LogP contribution in [0.25, 0.3) is 0 Å². The summed E-state index contributed by atoms with van der Waals surface area (Å²) in [6.07, 6.45) is -1.01. The molecule has 0 aliphatic carbocycles. The molecule has 1 atom stereocenters. The first-order valence-electron chi connectivity index (χ1n) is 6.85. The number of hydrogen-bond donors (Lipinski definition) is 1. The van der Waals surface area contributed by atoms with Crippen LogP contribution in [0, 0.1) is 11.6 Å². The van der Waals surface area contributed by atoms with Crippen LogP contribution >= 0.6 is 0 Å².